The lowest BCUT2D eigenvalue weighted by atomic mass is 9.90. The number of carbonyl (C=O) groups is 3. The number of anilines is 1. The minimum atomic E-state index is -0.644. The Bertz CT molecular complexity index is 2960. The molecule has 2 atom stereocenters. The van der Waals surface area contributed by atoms with Crippen LogP contribution in [0.15, 0.2) is 205 Å². The first-order valence-electron chi connectivity index (χ1n) is 22.3. The van der Waals surface area contributed by atoms with Gasteiger partial charge in [0.05, 0.1) is 30.5 Å². The molecule has 0 bridgehead atoms. The van der Waals surface area contributed by atoms with E-state index in [1.54, 1.807) is 99.2 Å². The molecular formula is C55H45FN8O5. The predicted molar refractivity (Wildman–Crippen MR) is 259 cm³/mol. The van der Waals surface area contributed by atoms with E-state index in [2.05, 4.69) is 32.1 Å². The highest BCUT2D eigenvalue weighted by Crippen LogP contribution is 2.34. The molecule has 9 rings (SSSR count). The number of amides is 1. The first-order valence-corrected chi connectivity index (χ1v) is 22.3. The minimum absolute atomic E-state index is 0.118. The molecule has 342 valence electrons. The van der Waals surface area contributed by atoms with Crippen LogP contribution in [0.1, 0.15) is 37.7 Å². The highest BCUT2D eigenvalue weighted by molar-refractivity contribution is 6.07. The third-order valence-corrected chi connectivity index (χ3v) is 11.3. The lowest BCUT2D eigenvalue weighted by molar-refractivity contribution is -0.131. The second-order valence-electron chi connectivity index (χ2n) is 16.1. The Kier molecular flexibility index (Phi) is 14.2. The molecule has 2 aliphatic carbocycles. The van der Waals surface area contributed by atoms with E-state index < -0.39 is 17.9 Å². The van der Waals surface area contributed by atoms with Crippen molar-refractivity contribution < 1.29 is 28.2 Å². The maximum Gasteiger partial charge on any atom is 0.247 e. The summed E-state index contributed by atoms with van der Waals surface area (Å²) < 4.78 is 29.4. The van der Waals surface area contributed by atoms with Gasteiger partial charge in [-0.2, -0.15) is 0 Å². The highest BCUT2D eigenvalue weighted by atomic mass is 19.1. The molecule has 69 heavy (non-hydrogen) atoms. The Morgan fingerprint density at radius 1 is 0.667 bits per heavy atom. The molecule has 1 saturated heterocycles. The second-order valence-corrected chi connectivity index (χ2v) is 16.1. The molecule has 1 fully saturated rings. The van der Waals surface area contributed by atoms with Crippen molar-refractivity contribution in [3.8, 4) is 11.5 Å². The van der Waals surface area contributed by atoms with Gasteiger partial charge >= 0.3 is 0 Å². The summed E-state index contributed by atoms with van der Waals surface area (Å²) in [5.41, 5.74) is 11.6. The normalized spacial score (nSPS) is 16.1. The summed E-state index contributed by atoms with van der Waals surface area (Å²) >= 11 is 0. The number of carbonyl (C=O) groups excluding carboxylic acids is 3. The number of hydrogen-bond donors (Lipinski definition) is 0. The molecule has 3 aliphatic rings. The SMILES string of the molecule is O=C(/C=C/C1=C=CC=C1)c1ccc(OCCn2cc(CN(Cc3cn(CCOc4ccc(C(=O)/C=C/C5=C=CC=C5)cc4)nn3)[C@@H]3C(=O)N(c4ccc(F)cc4)[C@@H]3/C=C/c3ccccc3)nn2)cc1. The maximum absolute atomic E-state index is 14.3. The Morgan fingerprint density at radius 3 is 1.68 bits per heavy atom. The number of ether oxygens (including phenoxy) is 2. The van der Waals surface area contributed by atoms with Crippen LogP contribution in [0.5, 0.6) is 11.5 Å². The van der Waals surface area contributed by atoms with E-state index in [0.29, 0.717) is 52.8 Å². The topological polar surface area (TPSA) is 138 Å². The molecule has 1 amide bonds. The number of allylic oxidation sites excluding steroid dienone is 10. The van der Waals surface area contributed by atoms with Gasteiger partial charge in [-0.05, 0) is 127 Å². The number of halogens is 1. The number of nitrogens with zero attached hydrogens (tertiary/aromatic N) is 8. The van der Waals surface area contributed by atoms with Crippen LogP contribution in [0.3, 0.4) is 0 Å². The Morgan fingerprint density at radius 2 is 1.19 bits per heavy atom. The van der Waals surface area contributed by atoms with E-state index >= 15 is 0 Å². The van der Waals surface area contributed by atoms with Gasteiger partial charge in [0.2, 0.25) is 5.91 Å². The molecular weight excluding hydrogens is 872 g/mol. The van der Waals surface area contributed by atoms with Crippen LogP contribution in [0.2, 0.25) is 0 Å². The lowest BCUT2D eigenvalue weighted by Crippen LogP contribution is -2.70. The summed E-state index contributed by atoms with van der Waals surface area (Å²) in [5.74, 6) is 0.412. The standard InChI is InChI=1S/C55H45FN8O5/c56-45-21-23-48(24-22-45)64-51(29-14-40-8-2-1-3-9-40)54(55(64)67)61(36-46-38-62(59-57-46)32-34-68-49-25-17-43(18-26-49)52(65)30-15-41-10-4-5-11-41)37-47-39-63(60-58-47)33-35-69-50-27-19-44(20-28-50)53(66)31-16-42-12-6-7-13-42/h1-10,12,14-31,38-39,51,54H,32-37H2/b29-14+,30-15+,31-16+/t51-,54+/m1/s1. The van der Waals surface area contributed by atoms with Crippen LogP contribution in [-0.4, -0.2) is 77.7 Å². The van der Waals surface area contributed by atoms with Gasteiger partial charge in [0.25, 0.3) is 0 Å². The average molecular weight is 917 g/mol. The molecule has 1 aliphatic heterocycles. The first-order chi connectivity index (χ1) is 33.8. The fraction of sp³-hybridized carbons (Fsp3) is 0.145. The van der Waals surface area contributed by atoms with Crippen molar-refractivity contribution in [1.29, 1.82) is 0 Å². The van der Waals surface area contributed by atoms with Crippen LogP contribution < -0.4 is 14.4 Å². The number of ketones is 2. The summed E-state index contributed by atoms with van der Waals surface area (Å²) in [6.07, 6.45) is 25.2. The quantitative estimate of drug-likeness (QED) is 0.0282. The van der Waals surface area contributed by atoms with Crippen LogP contribution in [0, 0.1) is 5.82 Å². The smallest absolute Gasteiger partial charge is 0.247 e. The van der Waals surface area contributed by atoms with Gasteiger partial charge in [-0.1, -0.05) is 65.1 Å². The summed E-state index contributed by atoms with van der Waals surface area (Å²) in [6, 6.07) is 28.6. The third kappa shape index (κ3) is 11.8. The van der Waals surface area contributed by atoms with Gasteiger partial charge in [0.1, 0.15) is 36.6 Å². The van der Waals surface area contributed by atoms with E-state index in [9.17, 15) is 18.8 Å². The minimum Gasteiger partial charge on any atom is -0.492 e. The molecule has 2 aromatic heterocycles. The van der Waals surface area contributed by atoms with Crippen molar-refractivity contribution in [2.45, 2.75) is 38.3 Å². The van der Waals surface area contributed by atoms with Crippen molar-refractivity contribution in [1.82, 2.24) is 34.9 Å². The average Bonchev–Trinajstić information content (AvgIpc) is 4.24. The molecule has 6 aromatic rings. The zero-order valence-electron chi connectivity index (χ0n) is 37.3. The van der Waals surface area contributed by atoms with Crippen molar-refractivity contribution in [3.63, 3.8) is 0 Å². The highest BCUT2D eigenvalue weighted by Gasteiger charge is 2.50. The van der Waals surface area contributed by atoms with Crippen molar-refractivity contribution in [2.24, 2.45) is 0 Å². The van der Waals surface area contributed by atoms with Crippen LogP contribution >= 0.6 is 0 Å². The number of β-lactam (4-membered cyclic amide) rings is 1. The van der Waals surface area contributed by atoms with Crippen LogP contribution in [0.4, 0.5) is 10.1 Å². The Hall–Kier alpha value is -8.80. The fourth-order valence-electron chi connectivity index (χ4n) is 7.81. The second kappa shape index (κ2) is 21.7. The zero-order chi connectivity index (χ0) is 47.4. The number of aromatic nitrogens is 6. The van der Waals surface area contributed by atoms with Gasteiger partial charge in [-0.25, -0.2) is 13.8 Å². The van der Waals surface area contributed by atoms with Crippen molar-refractivity contribution in [2.75, 3.05) is 18.1 Å². The number of rotatable bonds is 22. The summed E-state index contributed by atoms with van der Waals surface area (Å²) in [6.45, 7) is 1.84. The fourth-order valence-corrected chi connectivity index (χ4v) is 7.81. The maximum atomic E-state index is 14.3. The molecule has 4 aromatic carbocycles. The molecule has 13 nitrogen and oxygen atoms in total. The van der Waals surface area contributed by atoms with E-state index in [1.807, 2.05) is 84.1 Å². The van der Waals surface area contributed by atoms with Gasteiger partial charge in [0, 0.05) is 53.4 Å². The Balaban J connectivity index is 0.864. The predicted octanol–water partition coefficient (Wildman–Crippen LogP) is 8.45. The summed E-state index contributed by atoms with van der Waals surface area (Å²) in [4.78, 5) is 43.3. The molecule has 0 saturated carbocycles. The molecule has 0 radical (unpaired) electrons. The molecule has 0 unspecified atom stereocenters. The number of benzene rings is 4. The van der Waals surface area contributed by atoms with E-state index in [1.165, 1.54) is 24.3 Å². The van der Waals surface area contributed by atoms with Gasteiger partial charge in [-0.15, -0.1) is 21.7 Å². The number of hydrogen-bond acceptors (Lipinski definition) is 10. The van der Waals surface area contributed by atoms with Gasteiger partial charge in [0.15, 0.2) is 11.6 Å². The lowest BCUT2D eigenvalue weighted by Gasteiger charge is -2.50. The monoisotopic (exact) mass is 916 g/mol. The Labute approximate surface area is 397 Å². The molecule has 0 N–H and O–H groups in total. The largest absolute Gasteiger partial charge is 0.492 e. The van der Waals surface area contributed by atoms with Gasteiger partial charge < -0.3 is 14.4 Å². The van der Waals surface area contributed by atoms with Crippen molar-refractivity contribution >= 4 is 29.2 Å². The molecule has 3 heterocycles. The summed E-state index contributed by atoms with van der Waals surface area (Å²) in [7, 11) is 0. The van der Waals surface area contributed by atoms with Crippen LogP contribution in [0.25, 0.3) is 6.08 Å². The van der Waals surface area contributed by atoms with E-state index in [-0.39, 0.29) is 43.8 Å². The first kappa shape index (κ1) is 45.4. The van der Waals surface area contributed by atoms with E-state index in [4.69, 9.17) is 9.47 Å². The van der Waals surface area contributed by atoms with Crippen molar-refractivity contribution in [3.05, 3.63) is 239 Å². The van der Waals surface area contributed by atoms with Gasteiger partial charge in [-0.3, -0.25) is 19.3 Å². The zero-order valence-corrected chi connectivity index (χ0v) is 37.3. The van der Waals surface area contributed by atoms with Crippen LogP contribution in [-0.2, 0) is 31.0 Å². The summed E-state index contributed by atoms with van der Waals surface area (Å²) in [5, 5.41) is 17.7. The molecule has 14 heteroatoms. The van der Waals surface area contributed by atoms with E-state index in [0.717, 1.165) is 16.7 Å². The third-order valence-electron chi connectivity index (χ3n) is 11.3. The molecule has 0 spiro atoms.